The van der Waals surface area contributed by atoms with E-state index in [4.69, 9.17) is 14.2 Å². The second kappa shape index (κ2) is 8.43. The second-order valence-corrected chi connectivity index (χ2v) is 6.98. The number of hydrogen-bond acceptors (Lipinski definition) is 7. The zero-order chi connectivity index (χ0) is 18.5. The van der Waals surface area contributed by atoms with Gasteiger partial charge in [0.05, 0.1) is 7.11 Å². The van der Waals surface area contributed by atoms with E-state index in [9.17, 15) is 0 Å². The van der Waals surface area contributed by atoms with Crippen molar-refractivity contribution in [2.75, 3.05) is 44.8 Å². The minimum Gasteiger partial charge on any atom is -0.493 e. The third kappa shape index (κ3) is 4.24. The summed E-state index contributed by atoms with van der Waals surface area (Å²) in [6.07, 6.45) is 5.91. The van der Waals surface area contributed by atoms with Gasteiger partial charge < -0.3 is 24.4 Å². The molecule has 2 aliphatic heterocycles. The molecule has 1 fully saturated rings. The standard InChI is InChI=1S/C20H26N4O3/c1-25-17-4-2-5-18-19(17)26-14-16(27-18)13-21-12-15-6-10-24(11-7-15)20-22-8-3-9-23-20/h2-5,8-9,15-16,21H,6-7,10-14H2,1H3/t16-/m0/s1. The Hall–Kier alpha value is -2.54. The van der Waals surface area contributed by atoms with Gasteiger partial charge in [0.1, 0.15) is 12.7 Å². The van der Waals surface area contributed by atoms with Crippen molar-refractivity contribution in [3.63, 3.8) is 0 Å². The molecule has 4 rings (SSSR count). The first-order valence-electron chi connectivity index (χ1n) is 9.52. The van der Waals surface area contributed by atoms with Gasteiger partial charge in [-0.15, -0.1) is 0 Å². The SMILES string of the molecule is COc1cccc2c1OC[C@H](CNCC1CCN(c3ncccn3)CC1)O2. The molecule has 0 aliphatic carbocycles. The fourth-order valence-corrected chi connectivity index (χ4v) is 3.62. The maximum absolute atomic E-state index is 6.05. The third-order valence-corrected chi connectivity index (χ3v) is 5.12. The molecular weight excluding hydrogens is 344 g/mol. The van der Waals surface area contributed by atoms with Crippen molar-refractivity contribution in [3.05, 3.63) is 36.7 Å². The van der Waals surface area contributed by atoms with Crippen LogP contribution in [-0.2, 0) is 0 Å². The van der Waals surface area contributed by atoms with E-state index in [1.807, 2.05) is 24.3 Å². The average Bonchev–Trinajstić information content (AvgIpc) is 2.74. The summed E-state index contributed by atoms with van der Waals surface area (Å²) in [5.74, 6) is 3.68. The van der Waals surface area contributed by atoms with Crippen LogP contribution in [0.1, 0.15) is 12.8 Å². The Morgan fingerprint density at radius 2 is 1.96 bits per heavy atom. The van der Waals surface area contributed by atoms with Gasteiger partial charge in [-0.05, 0) is 43.5 Å². The van der Waals surface area contributed by atoms with E-state index in [0.29, 0.717) is 24.0 Å². The fourth-order valence-electron chi connectivity index (χ4n) is 3.62. The number of rotatable bonds is 6. The molecule has 7 heteroatoms. The average molecular weight is 370 g/mol. The number of hydrogen-bond donors (Lipinski definition) is 1. The van der Waals surface area contributed by atoms with E-state index in [2.05, 4.69) is 20.2 Å². The van der Waals surface area contributed by atoms with Crippen molar-refractivity contribution in [1.29, 1.82) is 0 Å². The maximum atomic E-state index is 6.05. The predicted molar refractivity (Wildman–Crippen MR) is 103 cm³/mol. The van der Waals surface area contributed by atoms with E-state index >= 15 is 0 Å². The van der Waals surface area contributed by atoms with Crippen LogP contribution < -0.4 is 24.4 Å². The summed E-state index contributed by atoms with van der Waals surface area (Å²) < 4.78 is 17.2. The number of ether oxygens (including phenoxy) is 3. The molecule has 0 amide bonds. The number of anilines is 1. The number of nitrogens with one attached hydrogen (secondary N) is 1. The van der Waals surface area contributed by atoms with Crippen LogP contribution in [0.15, 0.2) is 36.7 Å². The van der Waals surface area contributed by atoms with Gasteiger partial charge in [0, 0.05) is 32.0 Å². The van der Waals surface area contributed by atoms with Crippen molar-refractivity contribution in [2.24, 2.45) is 5.92 Å². The molecule has 0 spiro atoms. The molecule has 1 saturated heterocycles. The Balaban J connectivity index is 1.20. The lowest BCUT2D eigenvalue weighted by atomic mass is 9.97. The Bertz CT molecular complexity index is 735. The summed E-state index contributed by atoms with van der Waals surface area (Å²) in [7, 11) is 1.64. The lowest BCUT2D eigenvalue weighted by Crippen LogP contribution is -2.42. The normalized spacial score (nSPS) is 19.7. The van der Waals surface area contributed by atoms with Gasteiger partial charge in [-0.25, -0.2) is 9.97 Å². The molecule has 0 saturated carbocycles. The van der Waals surface area contributed by atoms with E-state index in [1.165, 1.54) is 0 Å². The number of methoxy groups -OCH3 is 1. The number of para-hydroxylation sites is 1. The molecule has 7 nitrogen and oxygen atoms in total. The largest absolute Gasteiger partial charge is 0.493 e. The number of piperidine rings is 1. The lowest BCUT2D eigenvalue weighted by molar-refractivity contribution is 0.0863. The van der Waals surface area contributed by atoms with E-state index in [0.717, 1.165) is 50.7 Å². The van der Waals surface area contributed by atoms with Gasteiger partial charge in [0.15, 0.2) is 11.5 Å². The summed E-state index contributed by atoms with van der Waals surface area (Å²) >= 11 is 0. The van der Waals surface area contributed by atoms with Gasteiger partial charge in [-0.2, -0.15) is 0 Å². The van der Waals surface area contributed by atoms with E-state index in [1.54, 1.807) is 19.5 Å². The molecular formula is C20H26N4O3. The molecule has 2 aromatic rings. The molecule has 1 atom stereocenters. The maximum Gasteiger partial charge on any atom is 0.225 e. The first-order chi connectivity index (χ1) is 13.3. The molecule has 2 aliphatic rings. The van der Waals surface area contributed by atoms with Crippen LogP contribution in [0.4, 0.5) is 5.95 Å². The minimum atomic E-state index is 0.0161. The number of benzene rings is 1. The second-order valence-electron chi connectivity index (χ2n) is 6.98. The topological polar surface area (TPSA) is 68.7 Å². The number of fused-ring (bicyclic) bond motifs is 1. The van der Waals surface area contributed by atoms with Crippen molar-refractivity contribution < 1.29 is 14.2 Å². The highest BCUT2D eigenvalue weighted by atomic mass is 16.6. The summed E-state index contributed by atoms with van der Waals surface area (Å²) in [6, 6.07) is 7.58. The predicted octanol–water partition coefficient (Wildman–Crippen LogP) is 2.13. The Kier molecular flexibility index (Phi) is 5.58. The fraction of sp³-hybridized carbons (Fsp3) is 0.500. The Morgan fingerprint density at radius 1 is 1.15 bits per heavy atom. The smallest absolute Gasteiger partial charge is 0.225 e. The summed E-state index contributed by atoms with van der Waals surface area (Å²) in [4.78, 5) is 10.9. The summed E-state index contributed by atoms with van der Waals surface area (Å²) in [6.45, 7) is 4.32. The molecule has 3 heterocycles. The van der Waals surface area contributed by atoms with E-state index < -0.39 is 0 Å². The Labute approximate surface area is 159 Å². The molecule has 144 valence electrons. The summed E-state index contributed by atoms with van der Waals surface area (Å²) in [5.41, 5.74) is 0. The van der Waals surface area contributed by atoms with Gasteiger partial charge >= 0.3 is 0 Å². The molecule has 1 N–H and O–H groups in total. The van der Waals surface area contributed by atoms with Gasteiger partial charge in [-0.1, -0.05) is 6.07 Å². The number of aromatic nitrogens is 2. The minimum absolute atomic E-state index is 0.0161. The molecule has 0 bridgehead atoms. The molecule has 0 unspecified atom stereocenters. The van der Waals surface area contributed by atoms with Crippen LogP contribution in [0.2, 0.25) is 0 Å². The molecule has 27 heavy (non-hydrogen) atoms. The number of nitrogens with zero attached hydrogens (tertiary/aromatic N) is 3. The zero-order valence-electron chi connectivity index (χ0n) is 15.6. The third-order valence-electron chi connectivity index (χ3n) is 5.12. The molecule has 0 radical (unpaired) electrons. The van der Waals surface area contributed by atoms with Crippen molar-refractivity contribution in [2.45, 2.75) is 18.9 Å². The van der Waals surface area contributed by atoms with Crippen LogP contribution in [-0.4, -0.2) is 56.0 Å². The van der Waals surface area contributed by atoms with E-state index in [-0.39, 0.29) is 6.10 Å². The van der Waals surface area contributed by atoms with Crippen molar-refractivity contribution in [1.82, 2.24) is 15.3 Å². The first-order valence-corrected chi connectivity index (χ1v) is 9.52. The van der Waals surface area contributed by atoms with Crippen LogP contribution in [0.25, 0.3) is 0 Å². The highest BCUT2D eigenvalue weighted by Gasteiger charge is 2.25. The summed E-state index contributed by atoms with van der Waals surface area (Å²) in [5, 5.41) is 3.55. The van der Waals surface area contributed by atoms with Gasteiger partial charge in [0.25, 0.3) is 0 Å². The Morgan fingerprint density at radius 3 is 2.74 bits per heavy atom. The van der Waals surface area contributed by atoms with Crippen molar-refractivity contribution in [3.8, 4) is 17.2 Å². The monoisotopic (exact) mass is 370 g/mol. The molecule has 1 aromatic carbocycles. The lowest BCUT2D eigenvalue weighted by Gasteiger charge is -2.32. The van der Waals surface area contributed by atoms with Crippen LogP contribution in [0.3, 0.4) is 0 Å². The van der Waals surface area contributed by atoms with Crippen LogP contribution >= 0.6 is 0 Å². The van der Waals surface area contributed by atoms with Gasteiger partial charge in [-0.3, -0.25) is 0 Å². The van der Waals surface area contributed by atoms with Gasteiger partial charge in [0.2, 0.25) is 11.7 Å². The zero-order valence-corrected chi connectivity index (χ0v) is 15.6. The van der Waals surface area contributed by atoms with Crippen LogP contribution in [0, 0.1) is 5.92 Å². The quantitative estimate of drug-likeness (QED) is 0.835. The van der Waals surface area contributed by atoms with Crippen molar-refractivity contribution >= 4 is 5.95 Å². The molecule has 1 aromatic heterocycles. The van der Waals surface area contributed by atoms with Crippen LogP contribution in [0.5, 0.6) is 17.2 Å². The first kappa shape index (κ1) is 17.9. The highest BCUT2D eigenvalue weighted by molar-refractivity contribution is 5.52. The highest BCUT2D eigenvalue weighted by Crippen LogP contribution is 2.39.